The lowest BCUT2D eigenvalue weighted by molar-refractivity contribution is 0.0942. The molecule has 1 aliphatic carbocycles. The van der Waals surface area contributed by atoms with Crippen molar-refractivity contribution in [2.75, 3.05) is 0 Å². The maximum Gasteiger partial charge on any atom is 0.261 e. The van der Waals surface area contributed by atoms with E-state index in [1.807, 2.05) is 0 Å². The van der Waals surface area contributed by atoms with Crippen molar-refractivity contribution in [3.8, 4) is 10.4 Å². The molecule has 0 atom stereocenters. The van der Waals surface area contributed by atoms with E-state index in [-0.39, 0.29) is 22.6 Å². The molecule has 7 heteroatoms. The highest BCUT2D eigenvalue weighted by atomic mass is 35.5. The molecule has 4 nitrogen and oxygen atoms in total. The normalized spacial score (nSPS) is 18.9. The van der Waals surface area contributed by atoms with Gasteiger partial charge < -0.3 is 5.32 Å². The van der Waals surface area contributed by atoms with Crippen molar-refractivity contribution >= 4 is 38.7 Å². The van der Waals surface area contributed by atoms with E-state index in [1.165, 1.54) is 17.4 Å². The average molecular weight is 382 g/mol. The van der Waals surface area contributed by atoms with Crippen molar-refractivity contribution in [2.24, 2.45) is 0 Å². The van der Waals surface area contributed by atoms with E-state index in [0.29, 0.717) is 21.0 Å². The maximum atomic E-state index is 12.5. The monoisotopic (exact) mass is 381 g/mol. The summed E-state index contributed by atoms with van der Waals surface area (Å²) in [6.45, 7) is 0. The number of fused-ring (bicyclic) bond motifs is 3. The summed E-state index contributed by atoms with van der Waals surface area (Å²) in [5.41, 5.74) is 1.34. The van der Waals surface area contributed by atoms with Crippen LogP contribution in [0.15, 0.2) is 29.2 Å². The van der Waals surface area contributed by atoms with Gasteiger partial charge in [-0.3, -0.25) is 4.79 Å². The molecule has 2 aromatic rings. The SMILES string of the molecule is O=C(NC1CCCC1)c1cc2c(s1)-c1ccc(Cl)cc1S(=O)(=O)C2. The van der Waals surface area contributed by atoms with Gasteiger partial charge in [0.25, 0.3) is 5.91 Å². The fourth-order valence-corrected chi connectivity index (χ4v) is 6.55. The van der Waals surface area contributed by atoms with Crippen LogP contribution in [0, 0.1) is 0 Å². The molecule has 0 spiro atoms. The molecule has 0 unspecified atom stereocenters. The van der Waals surface area contributed by atoms with Crippen molar-refractivity contribution in [2.45, 2.75) is 42.4 Å². The number of hydrogen-bond acceptors (Lipinski definition) is 4. The van der Waals surface area contributed by atoms with E-state index in [9.17, 15) is 13.2 Å². The number of nitrogens with one attached hydrogen (secondary N) is 1. The van der Waals surface area contributed by atoms with Gasteiger partial charge in [0.2, 0.25) is 0 Å². The predicted molar refractivity (Wildman–Crippen MR) is 95.4 cm³/mol. The summed E-state index contributed by atoms with van der Waals surface area (Å²) in [6.07, 6.45) is 4.34. The molecule has 1 aromatic heterocycles. The summed E-state index contributed by atoms with van der Waals surface area (Å²) >= 11 is 7.31. The lowest BCUT2D eigenvalue weighted by Gasteiger charge is -2.16. The summed E-state index contributed by atoms with van der Waals surface area (Å²) in [5.74, 6) is -0.183. The second kappa shape index (κ2) is 5.86. The van der Waals surface area contributed by atoms with Crippen LogP contribution in [-0.4, -0.2) is 20.4 Å². The molecule has 0 radical (unpaired) electrons. The molecule has 1 fully saturated rings. The summed E-state index contributed by atoms with van der Waals surface area (Å²) in [7, 11) is -3.42. The van der Waals surface area contributed by atoms with E-state index in [2.05, 4.69) is 5.32 Å². The van der Waals surface area contributed by atoms with Crippen LogP contribution >= 0.6 is 22.9 Å². The van der Waals surface area contributed by atoms with Gasteiger partial charge in [0.05, 0.1) is 15.5 Å². The molecule has 1 N–H and O–H groups in total. The number of carbonyl (C=O) groups is 1. The lowest BCUT2D eigenvalue weighted by Crippen LogP contribution is -2.31. The number of halogens is 1. The highest BCUT2D eigenvalue weighted by molar-refractivity contribution is 7.91. The predicted octanol–water partition coefficient (Wildman–Crippen LogP) is 4.03. The highest BCUT2D eigenvalue weighted by Gasteiger charge is 2.31. The Kier molecular flexibility index (Phi) is 3.94. The summed E-state index contributed by atoms with van der Waals surface area (Å²) in [5, 5.41) is 3.46. The number of thiophene rings is 1. The third-order valence-corrected chi connectivity index (χ3v) is 7.74. The maximum absolute atomic E-state index is 12.5. The second-order valence-corrected chi connectivity index (χ2v) is 9.77. The van der Waals surface area contributed by atoms with Crippen molar-refractivity contribution in [3.63, 3.8) is 0 Å². The van der Waals surface area contributed by atoms with E-state index < -0.39 is 9.84 Å². The van der Waals surface area contributed by atoms with Crippen LogP contribution in [-0.2, 0) is 15.6 Å². The number of sulfone groups is 1. The Morgan fingerprint density at radius 3 is 2.71 bits per heavy atom. The van der Waals surface area contributed by atoms with Gasteiger partial charge in [0.1, 0.15) is 0 Å². The zero-order valence-corrected chi connectivity index (χ0v) is 15.2. The molecular formula is C17H16ClNO3S2. The van der Waals surface area contributed by atoms with Gasteiger partial charge in [-0.25, -0.2) is 8.42 Å². The van der Waals surface area contributed by atoms with E-state index in [0.717, 1.165) is 30.6 Å². The fourth-order valence-electron chi connectivity index (χ4n) is 3.43. The Bertz CT molecular complexity index is 927. The van der Waals surface area contributed by atoms with Crippen LogP contribution in [0.5, 0.6) is 0 Å². The zero-order valence-electron chi connectivity index (χ0n) is 12.8. The molecule has 1 amide bonds. The highest BCUT2D eigenvalue weighted by Crippen LogP contribution is 2.43. The number of rotatable bonds is 2. The van der Waals surface area contributed by atoms with Crippen molar-refractivity contribution in [3.05, 3.63) is 39.7 Å². The average Bonchev–Trinajstić information content (AvgIpc) is 3.16. The third-order valence-electron chi connectivity index (χ3n) is 4.59. The van der Waals surface area contributed by atoms with Crippen LogP contribution in [0.2, 0.25) is 5.02 Å². The van der Waals surface area contributed by atoms with E-state index >= 15 is 0 Å². The molecule has 24 heavy (non-hydrogen) atoms. The third kappa shape index (κ3) is 2.76. The van der Waals surface area contributed by atoms with Crippen LogP contribution in [0.1, 0.15) is 40.9 Å². The smallest absolute Gasteiger partial charge is 0.261 e. The van der Waals surface area contributed by atoms with Gasteiger partial charge in [-0.2, -0.15) is 0 Å². The molecular weight excluding hydrogens is 366 g/mol. The van der Waals surface area contributed by atoms with Gasteiger partial charge >= 0.3 is 0 Å². The van der Waals surface area contributed by atoms with Crippen LogP contribution in [0.4, 0.5) is 0 Å². The van der Waals surface area contributed by atoms with Crippen molar-refractivity contribution in [1.82, 2.24) is 5.32 Å². The van der Waals surface area contributed by atoms with Crippen molar-refractivity contribution in [1.29, 1.82) is 0 Å². The van der Waals surface area contributed by atoms with E-state index in [1.54, 1.807) is 18.2 Å². The Morgan fingerprint density at radius 2 is 1.96 bits per heavy atom. The molecule has 0 saturated heterocycles. The van der Waals surface area contributed by atoms with Gasteiger partial charge in [0, 0.05) is 21.5 Å². The van der Waals surface area contributed by atoms with Crippen LogP contribution in [0.25, 0.3) is 10.4 Å². The quantitative estimate of drug-likeness (QED) is 0.854. The minimum Gasteiger partial charge on any atom is -0.349 e. The molecule has 2 heterocycles. The first-order chi connectivity index (χ1) is 11.4. The minimum atomic E-state index is -3.42. The van der Waals surface area contributed by atoms with Gasteiger partial charge in [-0.15, -0.1) is 11.3 Å². The Labute approximate surface area is 149 Å². The topological polar surface area (TPSA) is 63.2 Å². The number of benzene rings is 1. The first kappa shape index (κ1) is 16.1. The zero-order chi connectivity index (χ0) is 16.9. The standard InChI is InChI=1S/C17H16ClNO3S2/c18-11-5-6-13-15(8-11)24(21,22)9-10-7-14(23-16(10)13)17(20)19-12-3-1-2-4-12/h5-8,12H,1-4,9H2,(H,19,20). The first-order valence-electron chi connectivity index (χ1n) is 7.90. The molecule has 1 aliphatic heterocycles. The second-order valence-electron chi connectivity index (χ2n) is 6.32. The summed E-state index contributed by atoms with van der Waals surface area (Å²) < 4.78 is 25.0. The van der Waals surface area contributed by atoms with Gasteiger partial charge in [0.15, 0.2) is 9.84 Å². The number of amides is 1. The molecule has 1 saturated carbocycles. The van der Waals surface area contributed by atoms with Crippen molar-refractivity contribution < 1.29 is 13.2 Å². The number of carbonyl (C=O) groups excluding carboxylic acids is 1. The van der Waals surface area contributed by atoms with Gasteiger partial charge in [-0.05, 0) is 36.6 Å². The molecule has 4 rings (SSSR count). The van der Waals surface area contributed by atoms with Gasteiger partial charge in [-0.1, -0.05) is 30.5 Å². The lowest BCUT2D eigenvalue weighted by atomic mass is 10.1. The fraction of sp³-hybridized carbons (Fsp3) is 0.353. The molecule has 2 aliphatic rings. The Balaban J connectivity index is 1.72. The first-order valence-corrected chi connectivity index (χ1v) is 10.7. The molecule has 0 bridgehead atoms. The molecule has 126 valence electrons. The van der Waals surface area contributed by atoms with E-state index in [4.69, 9.17) is 11.6 Å². The Hall–Kier alpha value is -1.37. The Morgan fingerprint density at radius 1 is 1.21 bits per heavy atom. The minimum absolute atomic E-state index is 0.0805. The van der Waals surface area contributed by atoms with Crippen LogP contribution in [0.3, 0.4) is 0 Å². The summed E-state index contributed by atoms with van der Waals surface area (Å²) in [6, 6.07) is 6.87. The largest absolute Gasteiger partial charge is 0.349 e. The summed E-state index contributed by atoms with van der Waals surface area (Å²) in [4.78, 5) is 14.2. The number of hydrogen-bond donors (Lipinski definition) is 1. The van der Waals surface area contributed by atoms with Crippen LogP contribution < -0.4 is 5.32 Å². The molecule has 1 aromatic carbocycles.